The molecule has 4 rings (SSSR count). The van der Waals surface area contributed by atoms with Crippen LogP contribution in [0.3, 0.4) is 0 Å². The predicted molar refractivity (Wildman–Crippen MR) is 139 cm³/mol. The molecule has 0 aliphatic carbocycles. The first-order valence-corrected chi connectivity index (χ1v) is 14.4. The van der Waals surface area contributed by atoms with Crippen LogP contribution in [0, 0.1) is 0 Å². The predicted octanol–water partition coefficient (Wildman–Crippen LogP) is 4.66. The fourth-order valence-corrected chi connectivity index (χ4v) is 5.16. The largest absolute Gasteiger partial charge is 0.366 e. The molecule has 1 saturated heterocycles. The number of anilines is 2. The molecular weight excluding hydrogens is 431 g/mol. The van der Waals surface area contributed by atoms with E-state index in [1.807, 2.05) is 48.3 Å². The third-order valence-corrected chi connectivity index (χ3v) is 7.95. The highest BCUT2D eigenvalue weighted by Crippen LogP contribution is 2.34. The maximum absolute atomic E-state index is 12.5. The van der Waals surface area contributed by atoms with E-state index in [9.17, 15) is 4.57 Å². The molecule has 3 heterocycles. The van der Waals surface area contributed by atoms with Gasteiger partial charge >= 0.3 is 0 Å². The van der Waals surface area contributed by atoms with Crippen molar-refractivity contribution in [3.05, 3.63) is 47.7 Å². The summed E-state index contributed by atoms with van der Waals surface area (Å²) in [5.41, 5.74) is 3.28. The average Bonchev–Trinajstić information content (AvgIpc) is 3.17. The summed E-state index contributed by atoms with van der Waals surface area (Å²) in [4.78, 5) is 4.93. The molecule has 1 aliphatic rings. The third kappa shape index (κ3) is 5.59. The van der Waals surface area contributed by atoms with Crippen LogP contribution in [0.4, 0.5) is 11.6 Å². The van der Waals surface area contributed by atoms with Gasteiger partial charge < -0.3 is 20.5 Å². The van der Waals surface area contributed by atoms with E-state index in [4.69, 9.17) is 4.98 Å². The number of piperidine rings is 1. The van der Waals surface area contributed by atoms with E-state index in [1.54, 1.807) is 0 Å². The van der Waals surface area contributed by atoms with Crippen LogP contribution >= 0.6 is 7.14 Å². The summed E-state index contributed by atoms with van der Waals surface area (Å²) in [5, 5.41) is 16.3. The first-order valence-electron chi connectivity index (χ1n) is 11.8. The van der Waals surface area contributed by atoms with E-state index >= 15 is 0 Å². The minimum Gasteiger partial charge on any atom is -0.366 e. The monoisotopic (exact) mass is 468 g/mol. The Morgan fingerprint density at radius 2 is 2.06 bits per heavy atom. The smallest absolute Gasteiger partial charge is 0.163 e. The fourth-order valence-electron chi connectivity index (χ4n) is 4.24. The quantitative estimate of drug-likeness (QED) is 0.438. The molecule has 0 amide bonds. The number of nitrogens with one attached hydrogen (secondary N) is 3. The molecule has 0 bridgehead atoms. The maximum Gasteiger partial charge on any atom is 0.163 e. The van der Waals surface area contributed by atoms with Crippen molar-refractivity contribution in [3.63, 3.8) is 0 Å². The minimum absolute atomic E-state index is 0.189. The molecule has 178 valence electrons. The van der Waals surface area contributed by atoms with Crippen LogP contribution in [-0.4, -0.2) is 46.1 Å². The molecule has 7 nitrogen and oxygen atoms in total. The van der Waals surface area contributed by atoms with Gasteiger partial charge in [-0.2, -0.15) is 9.61 Å². The second kappa shape index (κ2) is 9.11. The van der Waals surface area contributed by atoms with Gasteiger partial charge in [0, 0.05) is 41.6 Å². The summed E-state index contributed by atoms with van der Waals surface area (Å²) >= 11 is 0. The van der Waals surface area contributed by atoms with Gasteiger partial charge in [-0.15, -0.1) is 0 Å². The lowest BCUT2D eigenvalue weighted by molar-refractivity contribution is 0.289. The molecule has 1 atom stereocenters. The second-order valence-electron chi connectivity index (χ2n) is 10.5. The highest BCUT2D eigenvalue weighted by molar-refractivity contribution is 7.70. The van der Waals surface area contributed by atoms with Crippen molar-refractivity contribution >= 4 is 29.7 Å². The van der Waals surface area contributed by atoms with E-state index in [2.05, 4.69) is 54.8 Å². The normalized spacial score (nSPS) is 18.6. The number of benzene rings is 1. The fraction of sp³-hybridized carbons (Fsp3) is 0.520. The van der Waals surface area contributed by atoms with E-state index in [0.29, 0.717) is 18.5 Å². The number of rotatable bonds is 7. The molecule has 1 aliphatic heterocycles. The Balaban J connectivity index is 1.61. The standard InChI is InChI=1S/C25H37N6OP/c1-17(2)21-16-28-31-23(26-14-18-8-7-9-20(12-18)33(5,6)32)13-22(30-24(21)31)29-19-10-11-25(3,4)27-15-19/h7-9,12-13,16-17,19,26-27H,10-11,14-15H2,1-6H3,(H,29,30)/t19-/m1/s1. The number of hydrogen-bond donors (Lipinski definition) is 3. The summed E-state index contributed by atoms with van der Waals surface area (Å²) in [6.45, 7) is 14.0. The first kappa shape index (κ1) is 23.8. The van der Waals surface area contributed by atoms with Crippen LogP contribution in [-0.2, 0) is 11.1 Å². The topological polar surface area (TPSA) is 83.3 Å². The minimum atomic E-state index is -2.30. The SMILES string of the molecule is CC(C)c1cnn2c(NCc3cccc(P(C)(C)=O)c3)cc(N[C@@H]3CCC(C)(C)NC3)nc12. The summed E-state index contributed by atoms with van der Waals surface area (Å²) < 4.78 is 14.4. The van der Waals surface area contributed by atoms with Crippen LogP contribution < -0.4 is 21.3 Å². The van der Waals surface area contributed by atoms with Crippen molar-refractivity contribution in [1.29, 1.82) is 0 Å². The Morgan fingerprint density at radius 3 is 2.73 bits per heavy atom. The van der Waals surface area contributed by atoms with Gasteiger partial charge in [-0.25, -0.2) is 4.98 Å². The molecular formula is C25H37N6OP. The molecule has 0 unspecified atom stereocenters. The lowest BCUT2D eigenvalue weighted by atomic mass is 9.91. The van der Waals surface area contributed by atoms with E-state index < -0.39 is 7.14 Å². The Labute approximate surface area is 197 Å². The third-order valence-electron chi connectivity index (χ3n) is 6.42. The molecule has 0 saturated carbocycles. The van der Waals surface area contributed by atoms with Gasteiger partial charge in [0.25, 0.3) is 0 Å². The highest BCUT2D eigenvalue weighted by atomic mass is 31.2. The lowest BCUT2D eigenvalue weighted by Crippen LogP contribution is -2.50. The van der Waals surface area contributed by atoms with Crippen molar-refractivity contribution < 1.29 is 4.57 Å². The van der Waals surface area contributed by atoms with Crippen molar-refractivity contribution in [2.24, 2.45) is 0 Å². The number of fused-ring (bicyclic) bond motifs is 1. The second-order valence-corrected chi connectivity index (χ2v) is 13.8. The van der Waals surface area contributed by atoms with Crippen molar-refractivity contribution in [2.45, 2.75) is 64.6 Å². The maximum atomic E-state index is 12.5. The summed E-state index contributed by atoms with van der Waals surface area (Å²) in [6, 6.07) is 10.4. The number of aromatic nitrogens is 3. The van der Waals surface area contributed by atoms with Gasteiger partial charge in [0.05, 0.1) is 6.20 Å². The van der Waals surface area contributed by atoms with E-state index in [-0.39, 0.29) is 5.54 Å². The molecule has 2 aromatic heterocycles. The zero-order valence-corrected chi connectivity index (χ0v) is 21.5. The van der Waals surface area contributed by atoms with Gasteiger partial charge in [-0.3, -0.25) is 0 Å². The van der Waals surface area contributed by atoms with Crippen LogP contribution in [0.5, 0.6) is 0 Å². The van der Waals surface area contributed by atoms with Crippen molar-refractivity contribution in [2.75, 3.05) is 30.5 Å². The average molecular weight is 469 g/mol. The molecule has 1 fully saturated rings. The highest BCUT2D eigenvalue weighted by Gasteiger charge is 2.26. The Bertz CT molecular complexity index is 1170. The Hall–Kier alpha value is -2.37. The first-order chi connectivity index (χ1) is 15.5. The van der Waals surface area contributed by atoms with Gasteiger partial charge in [-0.1, -0.05) is 32.0 Å². The van der Waals surface area contributed by atoms with Crippen LogP contribution in [0.15, 0.2) is 36.5 Å². The number of nitrogens with zero attached hydrogens (tertiary/aromatic N) is 3. The lowest BCUT2D eigenvalue weighted by Gasteiger charge is -2.36. The summed E-state index contributed by atoms with van der Waals surface area (Å²) in [5.74, 6) is 2.08. The summed E-state index contributed by atoms with van der Waals surface area (Å²) in [6.07, 6.45) is 4.14. The molecule has 3 aromatic rings. The number of hydrogen-bond acceptors (Lipinski definition) is 6. The Kier molecular flexibility index (Phi) is 6.56. The van der Waals surface area contributed by atoms with E-state index in [0.717, 1.165) is 53.1 Å². The van der Waals surface area contributed by atoms with Crippen LogP contribution in [0.2, 0.25) is 0 Å². The molecule has 1 aromatic carbocycles. The Morgan fingerprint density at radius 1 is 1.27 bits per heavy atom. The van der Waals surface area contributed by atoms with Crippen LogP contribution in [0.25, 0.3) is 5.65 Å². The van der Waals surface area contributed by atoms with Crippen LogP contribution in [0.1, 0.15) is 57.6 Å². The molecule has 3 N–H and O–H groups in total. The summed E-state index contributed by atoms with van der Waals surface area (Å²) in [7, 11) is -2.30. The van der Waals surface area contributed by atoms with E-state index in [1.165, 1.54) is 0 Å². The molecule has 0 spiro atoms. The molecule has 8 heteroatoms. The zero-order valence-electron chi connectivity index (χ0n) is 20.6. The van der Waals surface area contributed by atoms with Gasteiger partial charge in [0.1, 0.15) is 18.8 Å². The van der Waals surface area contributed by atoms with Gasteiger partial charge in [0.2, 0.25) is 0 Å². The van der Waals surface area contributed by atoms with Gasteiger partial charge in [-0.05, 0) is 57.6 Å². The zero-order chi connectivity index (χ0) is 23.8. The molecule has 0 radical (unpaired) electrons. The van der Waals surface area contributed by atoms with Crippen molar-refractivity contribution in [3.8, 4) is 0 Å². The van der Waals surface area contributed by atoms with Gasteiger partial charge in [0.15, 0.2) is 5.65 Å². The van der Waals surface area contributed by atoms with Crippen molar-refractivity contribution in [1.82, 2.24) is 19.9 Å². The molecule has 33 heavy (non-hydrogen) atoms.